The molecule has 6 heteroatoms. The Hall–Kier alpha value is -3.06. The fraction of sp³-hybridized carbons (Fsp3) is 0.486. The number of likely N-dealkylation sites (N-methyl/N-ethyl adjacent to an activating group) is 1. The maximum absolute atomic E-state index is 6.52. The molecule has 0 saturated heterocycles. The molecule has 5 atom stereocenters. The first kappa shape index (κ1) is 28.1. The zero-order valence-corrected chi connectivity index (χ0v) is 25.0. The normalized spacial score (nSPS) is 30.3. The van der Waals surface area contributed by atoms with Gasteiger partial charge in [0.1, 0.15) is 0 Å². The maximum Gasteiger partial charge on any atom is 0.0658 e. The number of hydrogen-bond acceptors (Lipinski definition) is 5. The Morgan fingerprint density at radius 1 is 1.00 bits per heavy atom. The molecule has 6 rings (SSSR count). The molecule has 4 aliphatic heterocycles. The van der Waals surface area contributed by atoms with Gasteiger partial charge >= 0.3 is 0 Å². The minimum atomic E-state index is -0.283. The fourth-order valence-electron chi connectivity index (χ4n) is 6.74. The lowest BCUT2D eigenvalue weighted by atomic mass is 9.75. The van der Waals surface area contributed by atoms with E-state index in [1.165, 1.54) is 19.3 Å². The number of aromatic amines is 1. The highest BCUT2D eigenvalue weighted by Crippen LogP contribution is 2.35. The number of H-pyrrole nitrogens is 1. The summed E-state index contributed by atoms with van der Waals surface area (Å²) in [5, 5.41) is 5.95. The zero-order chi connectivity index (χ0) is 28.4. The third-order valence-corrected chi connectivity index (χ3v) is 9.17. The monoisotopic (exact) mass is 551 g/mol. The molecule has 1 aromatic rings. The Bertz CT molecular complexity index is 1470. The first-order valence-corrected chi connectivity index (χ1v) is 15.5. The van der Waals surface area contributed by atoms with E-state index in [2.05, 4.69) is 116 Å². The average Bonchev–Trinajstić information content (AvgIpc) is 3.73. The summed E-state index contributed by atoms with van der Waals surface area (Å²) in [7, 11) is 2.21. The van der Waals surface area contributed by atoms with Crippen LogP contribution in [0.2, 0.25) is 0 Å². The van der Waals surface area contributed by atoms with E-state index < -0.39 is 0 Å². The molecule has 0 spiro atoms. The minimum absolute atomic E-state index is 0.106. The number of nitrogens with zero attached hydrogens (tertiary/aromatic N) is 3. The second-order valence-corrected chi connectivity index (χ2v) is 12.9. The van der Waals surface area contributed by atoms with E-state index in [0.29, 0.717) is 17.9 Å². The Labute approximate surface area is 244 Å². The van der Waals surface area contributed by atoms with Crippen molar-refractivity contribution in [1.29, 1.82) is 0 Å². The van der Waals surface area contributed by atoms with Crippen molar-refractivity contribution in [3.63, 3.8) is 0 Å². The highest BCUT2D eigenvalue weighted by molar-refractivity contribution is 6.20. The van der Waals surface area contributed by atoms with Crippen molar-refractivity contribution < 1.29 is 4.74 Å². The smallest absolute Gasteiger partial charge is 0.0658 e. The number of fused-ring (bicyclic) bond motifs is 6. The lowest BCUT2D eigenvalue weighted by Crippen LogP contribution is -2.44. The molecule has 6 nitrogen and oxygen atoms in total. The second kappa shape index (κ2) is 12.0. The third-order valence-electron chi connectivity index (χ3n) is 9.17. The molecule has 1 aromatic heterocycles. The Morgan fingerprint density at radius 3 is 2.49 bits per heavy atom. The predicted octanol–water partition coefficient (Wildman–Crippen LogP) is 4.44. The number of hydrogen-bond donors (Lipinski definition) is 2. The topological polar surface area (TPSA) is 65.0 Å². The number of rotatable bonds is 8. The van der Waals surface area contributed by atoms with E-state index in [-0.39, 0.29) is 11.6 Å². The molecule has 1 aliphatic carbocycles. The Balaban J connectivity index is 1.15. The van der Waals surface area contributed by atoms with Crippen molar-refractivity contribution in [2.45, 2.75) is 64.1 Å². The number of aliphatic imine (C=N–C) groups is 2. The van der Waals surface area contributed by atoms with Gasteiger partial charge in [0.25, 0.3) is 0 Å². The summed E-state index contributed by atoms with van der Waals surface area (Å²) in [5.41, 5.74) is 3.60. The Morgan fingerprint density at radius 2 is 1.73 bits per heavy atom. The van der Waals surface area contributed by atoms with Crippen LogP contribution < -0.4 is 16.0 Å². The van der Waals surface area contributed by atoms with Gasteiger partial charge in [-0.25, -0.2) is 9.98 Å². The molecule has 216 valence electrons. The van der Waals surface area contributed by atoms with Crippen LogP contribution >= 0.6 is 0 Å². The van der Waals surface area contributed by atoms with Crippen molar-refractivity contribution in [2.24, 2.45) is 27.7 Å². The lowest BCUT2D eigenvalue weighted by molar-refractivity contribution is -0.0430. The van der Waals surface area contributed by atoms with Crippen LogP contribution in [0.25, 0.3) is 12.2 Å². The van der Waals surface area contributed by atoms with Crippen LogP contribution in [0.15, 0.2) is 82.1 Å². The molecule has 0 radical (unpaired) electrons. The van der Waals surface area contributed by atoms with Crippen LogP contribution in [0.4, 0.5) is 0 Å². The van der Waals surface area contributed by atoms with Gasteiger partial charge < -0.3 is 14.6 Å². The summed E-state index contributed by atoms with van der Waals surface area (Å²) in [6.07, 6.45) is 26.8. The molecular weight excluding hydrogens is 506 g/mol. The molecule has 5 heterocycles. The Kier molecular flexibility index (Phi) is 8.25. The van der Waals surface area contributed by atoms with Crippen LogP contribution in [-0.2, 0) is 4.74 Å². The SMILES string of the molecule is CC(C)[C@@H]1CC[C@@H](C)C[C@H]1OCCN(C)CCC12C=CC(C=C3C=CC(=N3)C=c3ccc([nH]3)=CC3=NC(=C1)C=C3)N2. The molecule has 8 bridgehead atoms. The fourth-order valence-corrected chi connectivity index (χ4v) is 6.74. The lowest BCUT2D eigenvalue weighted by Gasteiger charge is -2.37. The van der Waals surface area contributed by atoms with E-state index in [9.17, 15) is 0 Å². The van der Waals surface area contributed by atoms with Crippen LogP contribution in [-0.4, -0.2) is 65.7 Å². The third kappa shape index (κ3) is 6.88. The van der Waals surface area contributed by atoms with E-state index in [1.807, 2.05) is 0 Å². The summed E-state index contributed by atoms with van der Waals surface area (Å²) in [4.78, 5) is 15.6. The number of nitrogens with one attached hydrogen (secondary N) is 2. The second-order valence-electron chi connectivity index (χ2n) is 12.9. The summed E-state index contributed by atoms with van der Waals surface area (Å²) in [5.74, 6) is 2.14. The molecule has 0 aromatic carbocycles. The van der Waals surface area contributed by atoms with Crippen LogP contribution in [0.5, 0.6) is 0 Å². The minimum Gasteiger partial charge on any atom is -0.377 e. The molecular formula is C35H45N5O. The van der Waals surface area contributed by atoms with Crippen molar-refractivity contribution in [1.82, 2.24) is 15.2 Å². The molecule has 5 aliphatic rings. The van der Waals surface area contributed by atoms with Crippen molar-refractivity contribution in [2.75, 3.05) is 26.7 Å². The van der Waals surface area contributed by atoms with E-state index in [0.717, 1.165) is 65.6 Å². The predicted molar refractivity (Wildman–Crippen MR) is 170 cm³/mol. The number of aromatic nitrogens is 1. The van der Waals surface area contributed by atoms with Crippen LogP contribution in [0.1, 0.15) is 46.5 Å². The first-order valence-electron chi connectivity index (χ1n) is 15.5. The molecule has 2 N–H and O–H groups in total. The molecule has 1 fully saturated rings. The number of allylic oxidation sites excluding steroid dienone is 4. The van der Waals surface area contributed by atoms with Crippen LogP contribution in [0.3, 0.4) is 0 Å². The summed E-state index contributed by atoms with van der Waals surface area (Å²) in [6, 6.07) is 4.28. The van der Waals surface area contributed by atoms with Crippen molar-refractivity contribution in [3.8, 4) is 0 Å². The van der Waals surface area contributed by atoms with E-state index in [4.69, 9.17) is 14.7 Å². The van der Waals surface area contributed by atoms with E-state index in [1.54, 1.807) is 0 Å². The summed E-state index contributed by atoms with van der Waals surface area (Å²) in [6.45, 7) is 9.76. The first-order chi connectivity index (χ1) is 19.8. The van der Waals surface area contributed by atoms with Crippen molar-refractivity contribution >= 4 is 23.6 Å². The highest BCUT2D eigenvalue weighted by atomic mass is 16.5. The number of ether oxygens (including phenoxy) is 1. The van der Waals surface area contributed by atoms with Gasteiger partial charge in [-0.05, 0) is 105 Å². The average molecular weight is 552 g/mol. The summed E-state index contributed by atoms with van der Waals surface area (Å²) >= 11 is 0. The van der Waals surface area contributed by atoms with Gasteiger partial charge in [0.05, 0.1) is 41.1 Å². The zero-order valence-electron chi connectivity index (χ0n) is 25.0. The van der Waals surface area contributed by atoms with Gasteiger partial charge in [-0.15, -0.1) is 0 Å². The molecule has 0 amide bonds. The van der Waals surface area contributed by atoms with E-state index >= 15 is 0 Å². The molecule has 1 saturated carbocycles. The van der Waals surface area contributed by atoms with Gasteiger partial charge in [-0.3, -0.25) is 5.32 Å². The summed E-state index contributed by atoms with van der Waals surface area (Å²) < 4.78 is 6.52. The molecule has 41 heavy (non-hydrogen) atoms. The van der Waals surface area contributed by atoms with Crippen LogP contribution in [0, 0.1) is 17.8 Å². The van der Waals surface area contributed by atoms with Gasteiger partial charge in [0.2, 0.25) is 0 Å². The van der Waals surface area contributed by atoms with Gasteiger partial charge in [-0.1, -0.05) is 39.3 Å². The van der Waals surface area contributed by atoms with Gasteiger partial charge in [0.15, 0.2) is 0 Å². The van der Waals surface area contributed by atoms with Crippen molar-refractivity contribution in [3.05, 3.63) is 82.8 Å². The molecule has 2 unspecified atom stereocenters. The maximum atomic E-state index is 6.52. The largest absolute Gasteiger partial charge is 0.377 e. The van der Waals surface area contributed by atoms with Gasteiger partial charge in [-0.2, -0.15) is 0 Å². The highest BCUT2D eigenvalue weighted by Gasteiger charge is 2.33. The standard InChI is InChI=1S/C35H45N5O/c1-24(2)33-12-5-25(3)19-34(33)41-18-17-40(4)16-15-35-14-13-31(39-35)22-30-9-8-27(37-30)20-26-6-7-28(36-26)21-29-10-11-32(23-35)38-29/h6-11,13-14,20-25,31,33-34,36,39H,5,12,15-19H2,1-4H3/t25-,31?,33+,34-,35?/m1/s1. The quantitative estimate of drug-likeness (QED) is 0.470. The van der Waals surface area contributed by atoms with Gasteiger partial charge in [0, 0.05) is 29.8 Å².